The van der Waals surface area contributed by atoms with Gasteiger partial charge in [0.15, 0.2) is 5.71 Å². The molecule has 3 rings (SSSR count). The maximum Gasteiger partial charge on any atom is 0.180 e. The maximum atomic E-state index is 4.54. The average Bonchev–Trinajstić information content (AvgIpc) is 2.85. The van der Waals surface area contributed by atoms with Gasteiger partial charge >= 0.3 is 0 Å². The summed E-state index contributed by atoms with van der Waals surface area (Å²) >= 11 is 3.81. The highest BCUT2D eigenvalue weighted by Gasteiger charge is 2.22. The molecule has 2 heterocycles. The van der Waals surface area contributed by atoms with Gasteiger partial charge in [0.2, 0.25) is 0 Å². The highest BCUT2D eigenvalue weighted by atomic mass is 32.2. The molecule has 4 heteroatoms. The minimum Gasteiger partial charge on any atom is -0.242 e. The van der Waals surface area contributed by atoms with Gasteiger partial charge in [-0.05, 0) is 31.4 Å². The number of rotatable bonds is 2. The van der Waals surface area contributed by atoms with Crippen molar-refractivity contribution in [1.82, 2.24) is 4.98 Å². The first-order valence-corrected chi connectivity index (χ1v) is 9.26. The summed E-state index contributed by atoms with van der Waals surface area (Å²) in [6.45, 7) is 6.72. The van der Waals surface area contributed by atoms with Gasteiger partial charge in [0.05, 0.1) is 15.2 Å². The second kappa shape index (κ2) is 5.86. The van der Waals surface area contributed by atoms with Crippen LogP contribution >= 0.6 is 23.1 Å². The Morgan fingerprint density at radius 3 is 2.80 bits per heavy atom. The fraction of sp³-hybridized carbons (Fsp3) is 0.500. The molecule has 0 spiro atoms. The van der Waals surface area contributed by atoms with Gasteiger partial charge in [-0.15, -0.1) is 11.3 Å². The van der Waals surface area contributed by atoms with E-state index >= 15 is 0 Å². The van der Waals surface area contributed by atoms with Gasteiger partial charge in [-0.25, -0.2) is 9.56 Å². The van der Waals surface area contributed by atoms with Gasteiger partial charge in [-0.1, -0.05) is 0 Å². The molecular formula is C16H21N2S2+. The molecule has 0 radical (unpaired) electrons. The van der Waals surface area contributed by atoms with Gasteiger partial charge in [0, 0.05) is 30.6 Å². The lowest BCUT2D eigenvalue weighted by Crippen LogP contribution is -2.31. The molecular weight excluding hydrogens is 284 g/mol. The highest BCUT2D eigenvalue weighted by molar-refractivity contribution is 7.99. The van der Waals surface area contributed by atoms with Crippen LogP contribution in [0.25, 0.3) is 10.2 Å². The SMILES string of the molecule is CSC1CC[N+](=C(C)c2ccc3nc(C)sc3c2)CC1. The van der Waals surface area contributed by atoms with E-state index in [1.54, 1.807) is 11.3 Å². The average molecular weight is 305 g/mol. The van der Waals surface area contributed by atoms with E-state index in [9.17, 15) is 0 Å². The normalized spacial score (nSPS) is 19.6. The van der Waals surface area contributed by atoms with E-state index in [1.165, 1.54) is 41.9 Å². The monoisotopic (exact) mass is 305 g/mol. The number of fused-ring (bicyclic) bond motifs is 1. The Morgan fingerprint density at radius 2 is 2.10 bits per heavy atom. The van der Waals surface area contributed by atoms with Gasteiger partial charge in [-0.2, -0.15) is 11.8 Å². The molecule has 0 atom stereocenters. The molecule has 2 nitrogen and oxygen atoms in total. The first-order valence-electron chi connectivity index (χ1n) is 7.16. The molecule has 0 aliphatic carbocycles. The number of hydrogen-bond acceptors (Lipinski definition) is 3. The molecule has 1 aromatic heterocycles. The van der Waals surface area contributed by atoms with Gasteiger partial charge in [0.25, 0.3) is 0 Å². The Hall–Kier alpha value is -0.870. The van der Waals surface area contributed by atoms with E-state index in [4.69, 9.17) is 0 Å². The first-order chi connectivity index (χ1) is 9.67. The Kier molecular flexibility index (Phi) is 4.13. The maximum absolute atomic E-state index is 4.54. The summed E-state index contributed by atoms with van der Waals surface area (Å²) < 4.78 is 3.85. The van der Waals surface area contributed by atoms with Crippen LogP contribution in [0, 0.1) is 6.92 Å². The largest absolute Gasteiger partial charge is 0.242 e. The van der Waals surface area contributed by atoms with Crippen molar-refractivity contribution in [2.24, 2.45) is 0 Å². The smallest absolute Gasteiger partial charge is 0.180 e. The molecule has 1 saturated heterocycles. The zero-order chi connectivity index (χ0) is 14.1. The Morgan fingerprint density at radius 1 is 1.35 bits per heavy atom. The quantitative estimate of drug-likeness (QED) is 0.781. The lowest BCUT2D eigenvalue weighted by atomic mass is 10.1. The third-order valence-electron chi connectivity index (χ3n) is 4.16. The van der Waals surface area contributed by atoms with Crippen LogP contribution in [-0.2, 0) is 0 Å². The second-order valence-corrected chi connectivity index (χ2v) is 7.80. The Balaban J connectivity index is 1.89. The van der Waals surface area contributed by atoms with Crippen molar-refractivity contribution in [1.29, 1.82) is 0 Å². The molecule has 106 valence electrons. The lowest BCUT2D eigenvalue weighted by molar-refractivity contribution is -0.536. The summed E-state index contributed by atoms with van der Waals surface area (Å²) in [4.78, 5) is 4.54. The minimum absolute atomic E-state index is 0.852. The summed E-state index contributed by atoms with van der Waals surface area (Å²) in [6.07, 6.45) is 4.85. The summed E-state index contributed by atoms with van der Waals surface area (Å²) in [7, 11) is 0. The number of piperidine rings is 1. The molecule has 0 unspecified atom stereocenters. The van der Waals surface area contributed by atoms with Crippen molar-refractivity contribution in [3.05, 3.63) is 28.8 Å². The van der Waals surface area contributed by atoms with Crippen LogP contribution in [0.2, 0.25) is 0 Å². The van der Waals surface area contributed by atoms with Crippen LogP contribution in [0.4, 0.5) is 0 Å². The van der Waals surface area contributed by atoms with E-state index < -0.39 is 0 Å². The number of thiazole rings is 1. The summed E-state index contributed by atoms with van der Waals surface area (Å²) in [5.74, 6) is 0. The van der Waals surface area contributed by atoms with Crippen molar-refractivity contribution in [2.45, 2.75) is 31.9 Å². The molecule has 2 aromatic rings. The standard InChI is InChI=1S/C16H21N2S2/c1-11(18-8-6-14(19-3)7-9-18)13-4-5-15-16(10-13)20-12(2)17-15/h4-5,10,14H,6-9H2,1-3H3/q+1. The molecule has 1 aromatic carbocycles. The van der Waals surface area contributed by atoms with Gasteiger partial charge in [0.1, 0.15) is 13.1 Å². The lowest BCUT2D eigenvalue weighted by Gasteiger charge is -2.20. The zero-order valence-electron chi connectivity index (χ0n) is 12.3. The minimum atomic E-state index is 0.852. The molecule has 1 aliphatic heterocycles. The fourth-order valence-electron chi connectivity index (χ4n) is 2.87. The van der Waals surface area contributed by atoms with Crippen LogP contribution < -0.4 is 0 Å². The number of benzene rings is 1. The van der Waals surface area contributed by atoms with Gasteiger partial charge < -0.3 is 0 Å². The first kappa shape index (κ1) is 14.1. The number of aryl methyl sites for hydroxylation is 1. The van der Waals surface area contributed by atoms with Crippen LogP contribution in [0.1, 0.15) is 30.3 Å². The summed E-state index contributed by atoms with van der Waals surface area (Å²) in [6, 6.07) is 6.68. The van der Waals surface area contributed by atoms with E-state index in [-0.39, 0.29) is 0 Å². The highest BCUT2D eigenvalue weighted by Crippen LogP contribution is 2.24. The molecule has 0 amide bonds. The van der Waals surface area contributed by atoms with Crippen LogP contribution in [0.3, 0.4) is 0 Å². The number of aromatic nitrogens is 1. The number of hydrogen-bond donors (Lipinski definition) is 0. The third kappa shape index (κ3) is 2.77. The topological polar surface area (TPSA) is 15.9 Å². The molecule has 1 fully saturated rings. The molecule has 20 heavy (non-hydrogen) atoms. The van der Waals surface area contributed by atoms with E-state index in [1.807, 2.05) is 11.8 Å². The van der Waals surface area contributed by atoms with Crippen LogP contribution in [0.5, 0.6) is 0 Å². The van der Waals surface area contributed by atoms with Crippen molar-refractivity contribution >= 4 is 39.0 Å². The number of nitrogens with zero attached hydrogens (tertiary/aromatic N) is 2. The molecule has 0 N–H and O–H groups in total. The Bertz CT molecular complexity index is 648. The van der Waals surface area contributed by atoms with Gasteiger partial charge in [-0.3, -0.25) is 0 Å². The predicted molar refractivity (Wildman–Crippen MR) is 90.7 cm³/mol. The van der Waals surface area contributed by atoms with Crippen molar-refractivity contribution in [3.63, 3.8) is 0 Å². The molecule has 0 saturated carbocycles. The van der Waals surface area contributed by atoms with E-state index in [0.29, 0.717) is 0 Å². The second-order valence-electron chi connectivity index (χ2n) is 5.42. The third-order valence-corrected chi connectivity index (χ3v) is 6.23. The van der Waals surface area contributed by atoms with Crippen LogP contribution in [-0.4, -0.2) is 39.9 Å². The van der Waals surface area contributed by atoms with E-state index in [0.717, 1.165) is 15.8 Å². The molecule has 0 bridgehead atoms. The predicted octanol–water partition coefficient (Wildman–Crippen LogP) is 3.95. The molecule has 1 aliphatic rings. The zero-order valence-corrected chi connectivity index (χ0v) is 14.0. The van der Waals surface area contributed by atoms with Crippen LogP contribution in [0.15, 0.2) is 18.2 Å². The summed E-state index contributed by atoms with van der Waals surface area (Å²) in [5, 5.41) is 2.00. The van der Waals surface area contributed by atoms with Crippen molar-refractivity contribution < 1.29 is 4.58 Å². The summed E-state index contributed by atoms with van der Waals surface area (Å²) in [5.41, 5.74) is 3.89. The van der Waals surface area contributed by atoms with E-state index in [2.05, 4.69) is 47.9 Å². The Labute approximate surface area is 128 Å². The van der Waals surface area contributed by atoms with Crippen molar-refractivity contribution in [3.8, 4) is 0 Å². The van der Waals surface area contributed by atoms with Crippen molar-refractivity contribution in [2.75, 3.05) is 19.3 Å². The number of thioether (sulfide) groups is 1. The fourth-order valence-corrected chi connectivity index (χ4v) is 4.42.